The molecule has 0 aliphatic heterocycles. The Hall–Kier alpha value is -3.50. The van der Waals surface area contributed by atoms with Crippen LogP contribution in [0, 0.1) is 13.8 Å². The number of rotatable bonds is 8. The predicted octanol–water partition coefficient (Wildman–Crippen LogP) is 4.65. The van der Waals surface area contributed by atoms with Crippen LogP contribution in [0.1, 0.15) is 47.1 Å². The van der Waals surface area contributed by atoms with Gasteiger partial charge in [-0.15, -0.1) is 22.7 Å². The second-order valence-corrected chi connectivity index (χ2v) is 9.14. The summed E-state index contributed by atoms with van der Waals surface area (Å²) in [6.45, 7) is 4.71. The Morgan fingerprint density at radius 2 is 1.61 bits per heavy atom. The number of esters is 2. The molecule has 172 valence electrons. The molecular weight excluding hydrogens is 464 g/mol. The van der Waals surface area contributed by atoms with Crippen molar-refractivity contribution in [3.05, 3.63) is 68.2 Å². The molecule has 10 heteroatoms. The molecule has 0 radical (unpaired) electrons. The van der Waals surface area contributed by atoms with Gasteiger partial charge in [0.1, 0.15) is 9.88 Å². The standard InChI is InChI=1S/C23H22N2O6S2/c1-4-30-23(29)18-14(3)19(20(27)24-15-8-6-5-7-9-15)33-21(18)25-17(26)12-31-22(28)16-11-10-13(2)32-16/h5-11H,4,12H2,1-3H3,(H,24,27)(H,25,26). The summed E-state index contributed by atoms with van der Waals surface area (Å²) in [6, 6.07) is 12.3. The zero-order valence-corrected chi connectivity index (χ0v) is 19.9. The number of benzene rings is 1. The molecule has 2 N–H and O–H groups in total. The van der Waals surface area contributed by atoms with Crippen molar-refractivity contribution in [3.8, 4) is 0 Å². The first-order chi connectivity index (χ1) is 15.8. The smallest absolute Gasteiger partial charge is 0.348 e. The van der Waals surface area contributed by atoms with Crippen molar-refractivity contribution in [2.75, 3.05) is 23.8 Å². The lowest BCUT2D eigenvalue weighted by Crippen LogP contribution is -2.21. The van der Waals surface area contributed by atoms with Crippen molar-refractivity contribution < 1.29 is 28.7 Å². The molecule has 3 aromatic rings. The fourth-order valence-corrected chi connectivity index (χ4v) is 4.75. The fourth-order valence-electron chi connectivity index (χ4n) is 2.89. The molecule has 0 bridgehead atoms. The third-order valence-corrected chi connectivity index (χ3v) is 6.58. The first-order valence-electron chi connectivity index (χ1n) is 10.0. The highest BCUT2D eigenvalue weighted by atomic mass is 32.1. The average Bonchev–Trinajstić information content (AvgIpc) is 3.36. The number of hydrogen-bond donors (Lipinski definition) is 2. The van der Waals surface area contributed by atoms with Crippen LogP contribution in [0.2, 0.25) is 0 Å². The molecule has 2 amide bonds. The molecule has 0 unspecified atom stereocenters. The van der Waals surface area contributed by atoms with Crippen LogP contribution < -0.4 is 10.6 Å². The molecule has 2 heterocycles. The summed E-state index contributed by atoms with van der Waals surface area (Å²) in [6.07, 6.45) is 0. The zero-order valence-electron chi connectivity index (χ0n) is 18.2. The summed E-state index contributed by atoms with van der Waals surface area (Å²) in [4.78, 5) is 51.4. The maximum absolute atomic E-state index is 12.8. The number of carbonyl (C=O) groups excluding carboxylic acids is 4. The minimum absolute atomic E-state index is 0.0913. The topological polar surface area (TPSA) is 111 Å². The van der Waals surface area contributed by atoms with Crippen molar-refractivity contribution in [1.29, 1.82) is 0 Å². The molecule has 0 atom stereocenters. The van der Waals surface area contributed by atoms with E-state index in [-0.39, 0.29) is 22.0 Å². The van der Waals surface area contributed by atoms with Crippen LogP contribution in [-0.2, 0) is 14.3 Å². The van der Waals surface area contributed by atoms with Gasteiger partial charge in [0.05, 0.1) is 17.0 Å². The summed E-state index contributed by atoms with van der Waals surface area (Å²) >= 11 is 2.21. The van der Waals surface area contributed by atoms with Crippen molar-refractivity contribution in [2.45, 2.75) is 20.8 Å². The first-order valence-corrected chi connectivity index (χ1v) is 11.6. The van der Waals surface area contributed by atoms with E-state index in [1.54, 1.807) is 50.2 Å². The van der Waals surface area contributed by atoms with Crippen molar-refractivity contribution in [2.24, 2.45) is 0 Å². The van der Waals surface area contributed by atoms with Gasteiger partial charge in [-0.25, -0.2) is 9.59 Å². The average molecular weight is 487 g/mol. The van der Waals surface area contributed by atoms with E-state index in [1.807, 2.05) is 13.0 Å². The highest BCUT2D eigenvalue weighted by Crippen LogP contribution is 2.34. The molecule has 0 aliphatic rings. The number of anilines is 2. The van der Waals surface area contributed by atoms with E-state index in [1.165, 1.54) is 11.3 Å². The van der Waals surface area contributed by atoms with Crippen LogP contribution >= 0.6 is 22.7 Å². The van der Waals surface area contributed by atoms with Crippen LogP contribution in [-0.4, -0.2) is 37.0 Å². The molecule has 1 aromatic carbocycles. The fraction of sp³-hybridized carbons (Fsp3) is 0.217. The quantitative estimate of drug-likeness (QED) is 0.449. The summed E-state index contributed by atoms with van der Waals surface area (Å²) in [7, 11) is 0. The molecule has 0 aliphatic carbocycles. The summed E-state index contributed by atoms with van der Waals surface area (Å²) in [5, 5.41) is 5.48. The normalized spacial score (nSPS) is 10.4. The van der Waals surface area contributed by atoms with Gasteiger partial charge in [0, 0.05) is 10.6 Å². The van der Waals surface area contributed by atoms with Gasteiger partial charge in [-0.3, -0.25) is 9.59 Å². The van der Waals surface area contributed by atoms with Gasteiger partial charge < -0.3 is 20.1 Å². The zero-order chi connectivity index (χ0) is 24.0. The van der Waals surface area contributed by atoms with Crippen molar-refractivity contribution in [1.82, 2.24) is 0 Å². The summed E-state index contributed by atoms with van der Waals surface area (Å²) in [5.41, 5.74) is 1.07. The van der Waals surface area contributed by atoms with E-state index in [0.717, 1.165) is 16.2 Å². The minimum atomic E-state index is -0.661. The van der Waals surface area contributed by atoms with Gasteiger partial charge in [0.15, 0.2) is 6.61 Å². The lowest BCUT2D eigenvalue weighted by atomic mass is 10.1. The van der Waals surface area contributed by atoms with Crippen molar-refractivity contribution >= 4 is 57.1 Å². The van der Waals surface area contributed by atoms with Gasteiger partial charge in [-0.2, -0.15) is 0 Å². The summed E-state index contributed by atoms with van der Waals surface area (Å²) in [5.74, 6) is -2.33. The lowest BCUT2D eigenvalue weighted by Gasteiger charge is -2.07. The number of carbonyl (C=O) groups is 4. The summed E-state index contributed by atoms with van der Waals surface area (Å²) < 4.78 is 10.2. The van der Waals surface area contributed by atoms with Crippen LogP contribution in [0.3, 0.4) is 0 Å². The van der Waals surface area contributed by atoms with E-state index < -0.39 is 30.4 Å². The van der Waals surface area contributed by atoms with Crippen LogP contribution in [0.5, 0.6) is 0 Å². The Labute approximate surface area is 198 Å². The van der Waals surface area contributed by atoms with Crippen LogP contribution in [0.25, 0.3) is 0 Å². The van der Waals surface area contributed by atoms with Gasteiger partial charge in [-0.1, -0.05) is 18.2 Å². The molecule has 33 heavy (non-hydrogen) atoms. The lowest BCUT2D eigenvalue weighted by molar-refractivity contribution is -0.119. The number of ether oxygens (including phenoxy) is 2. The second-order valence-electron chi connectivity index (χ2n) is 6.84. The van der Waals surface area contributed by atoms with Gasteiger partial charge >= 0.3 is 11.9 Å². The SMILES string of the molecule is CCOC(=O)c1c(NC(=O)COC(=O)c2ccc(C)s2)sc(C(=O)Nc2ccccc2)c1C. The number of thiophene rings is 2. The molecule has 3 rings (SSSR count). The van der Waals surface area contributed by atoms with E-state index in [4.69, 9.17) is 9.47 Å². The van der Waals surface area contributed by atoms with E-state index in [0.29, 0.717) is 16.1 Å². The Morgan fingerprint density at radius 3 is 2.24 bits per heavy atom. The maximum Gasteiger partial charge on any atom is 0.348 e. The number of aryl methyl sites for hydroxylation is 1. The Bertz CT molecular complexity index is 1180. The van der Waals surface area contributed by atoms with Gasteiger partial charge in [0.2, 0.25) is 0 Å². The monoisotopic (exact) mass is 486 g/mol. The predicted molar refractivity (Wildman–Crippen MR) is 127 cm³/mol. The van der Waals surface area contributed by atoms with Gasteiger partial charge in [-0.05, 0) is 50.6 Å². The molecule has 0 fully saturated rings. The van der Waals surface area contributed by atoms with Crippen LogP contribution in [0.15, 0.2) is 42.5 Å². The second kappa shape index (κ2) is 10.9. The van der Waals surface area contributed by atoms with E-state index >= 15 is 0 Å². The highest BCUT2D eigenvalue weighted by Gasteiger charge is 2.27. The third kappa shape index (κ3) is 6.05. The largest absolute Gasteiger partial charge is 0.462 e. The number of hydrogen-bond acceptors (Lipinski definition) is 8. The molecule has 0 saturated carbocycles. The molecular formula is C23H22N2O6S2. The Kier molecular flexibility index (Phi) is 7.96. The van der Waals surface area contributed by atoms with E-state index in [9.17, 15) is 19.2 Å². The molecule has 0 saturated heterocycles. The Balaban J connectivity index is 1.77. The highest BCUT2D eigenvalue weighted by molar-refractivity contribution is 7.19. The Morgan fingerprint density at radius 1 is 0.879 bits per heavy atom. The number of nitrogens with one attached hydrogen (secondary N) is 2. The number of para-hydroxylation sites is 1. The first kappa shape index (κ1) is 24.1. The molecule has 2 aromatic heterocycles. The van der Waals surface area contributed by atoms with E-state index in [2.05, 4.69) is 10.6 Å². The van der Waals surface area contributed by atoms with Crippen LogP contribution in [0.4, 0.5) is 10.7 Å². The maximum atomic E-state index is 12.8. The molecule has 0 spiro atoms. The molecule has 8 nitrogen and oxygen atoms in total. The van der Waals surface area contributed by atoms with Gasteiger partial charge in [0.25, 0.3) is 11.8 Å². The minimum Gasteiger partial charge on any atom is -0.462 e. The van der Waals surface area contributed by atoms with Crippen molar-refractivity contribution in [3.63, 3.8) is 0 Å². The number of amides is 2. The third-order valence-electron chi connectivity index (χ3n) is 4.39.